The largest absolute Gasteiger partial charge is 0.497 e. The molecule has 0 radical (unpaired) electrons. The first-order valence-corrected chi connectivity index (χ1v) is 7.51. The molecule has 110 valence electrons. The molecule has 3 nitrogen and oxygen atoms in total. The zero-order valence-electron chi connectivity index (χ0n) is 12.1. The minimum absolute atomic E-state index is 0.164. The van der Waals surface area contributed by atoms with E-state index >= 15 is 0 Å². The highest BCUT2D eigenvalue weighted by molar-refractivity contribution is 5.29. The summed E-state index contributed by atoms with van der Waals surface area (Å²) >= 11 is 0. The monoisotopic (exact) mass is 278 g/mol. The van der Waals surface area contributed by atoms with Crippen LogP contribution in [-0.4, -0.2) is 37.2 Å². The second-order valence-corrected chi connectivity index (χ2v) is 6.08. The van der Waals surface area contributed by atoms with Crippen molar-refractivity contribution in [1.29, 1.82) is 0 Å². The molecule has 2 aliphatic rings. The van der Waals surface area contributed by atoms with Crippen molar-refractivity contribution in [2.24, 2.45) is 0 Å². The van der Waals surface area contributed by atoms with Gasteiger partial charge in [-0.1, -0.05) is 18.9 Å². The normalized spacial score (nSPS) is 22.3. The van der Waals surface area contributed by atoms with Gasteiger partial charge in [0.25, 0.3) is 0 Å². The van der Waals surface area contributed by atoms with E-state index in [0.717, 1.165) is 25.2 Å². The van der Waals surface area contributed by atoms with Gasteiger partial charge in [-0.2, -0.15) is 0 Å². The number of benzene rings is 1. The summed E-state index contributed by atoms with van der Waals surface area (Å²) in [5, 5.41) is 3.69. The molecular formula is C16H23FN2O. The van der Waals surface area contributed by atoms with Gasteiger partial charge in [-0.25, -0.2) is 4.39 Å². The molecule has 0 atom stereocenters. The summed E-state index contributed by atoms with van der Waals surface area (Å²) in [6.07, 6.45) is 5.15. The molecule has 20 heavy (non-hydrogen) atoms. The van der Waals surface area contributed by atoms with Crippen molar-refractivity contribution in [3.63, 3.8) is 0 Å². The minimum atomic E-state index is -0.164. The first kappa shape index (κ1) is 13.8. The van der Waals surface area contributed by atoms with Crippen molar-refractivity contribution in [2.45, 2.75) is 37.8 Å². The number of ether oxygens (including phenoxy) is 1. The Kier molecular flexibility index (Phi) is 3.94. The molecule has 2 fully saturated rings. The van der Waals surface area contributed by atoms with Crippen LogP contribution in [0.4, 0.5) is 4.39 Å². The summed E-state index contributed by atoms with van der Waals surface area (Å²) in [5.74, 6) is 0.419. The first-order chi connectivity index (χ1) is 9.71. The lowest BCUT2D eigenvalue weighted by molar-refractivity contribution is 0.127. The standard InChI is InChI=1S/C16H23FN2O/c1-20-14-5-4-13(15(17)10-14)11-19-9-8-18-16(12-19)6-2-3-7-16/h4-5,10,18H,2-3,6-9,11-12H2,1H3. The maximum Gasteiger partial charge on any atom is 0.131 e. The Hall–Kier alpha value is -1.13. The number of nitrogens with one attached hydrogen (secondary N) is 1. The topological polar surface area (TPSA) is 24.5 Å². The van der Waals surface area contributed by atoms with E-state index in [1.165, 1.54) is 31.7 Å². The maximum absolute atomic E-state index is 14.0. The quantitative estimate of drug-likeness (QED) is 0.919. The molecule has 1 aromatic carbocycles. The van der Waals surface area contributed by atoms with Crippen molar-refractivity contribution in [1.82, 2.24) is 10.2 Å². The Balaban J connectivity index is 1.68. The van der Waals surface area contributed by atoms with Crippen molar-refractivity contribution >= 4 is 0 Å². The predicted molar refractivity (Wildman–Crippen MR) is 77.4 cm³/mol. The van der Waals surface area contributed by atoms with Gasteiger partial charge in [0.05, 0.1) is 7.11 Å². The predicted octanol–water partition coefficient (Wildman–Crippen LogP) is 2.55. The number of piperazine rings is 1. The number of nitrogens with zero attached hydrogens (tertiary/aromatic N) is 1. The second-order valence-electron chi connectivity index (χ2n) is 6.08. The van der Waals surface area contributed by atoms with Gasteiger partial charge in [-0.05, 0) is 18.9 Å². The lowest BCUT2D eigenvalue weighted by Crippen LogP contribution is -2.58. The average Bonchev–Trinajstić information content (AvgIpc) is 2.89. The van der Waals surface area contributed by atoms with Crippen LogP contribution >= 0.6 is 0 Å². The molecule has 1 heterocycles. The summed E-state index contributed by atoms with van der Waals surface area (Å²) in [6, 6.07) is 5.16. The summed E-state index contributed by atoms with van der Waals surface area (Å²) in [5.41, 5.74) is 1.06. The zero-order chi connectivity index (χ0) is 14.0. The van der Waals surface area contributed by atoms with Crippen LogP contribution < -0.4 is 10.1 Å². The highest BCUT2D eigenvalue weighted by atomic mass is 19.1. The Morgan fingerprint density at radius 2 is 2.15 bits per heavy atom. The minimum Gasteiger partial charge on any atom is -0.497 e. The van der Waals surface area contributed by atoms with Crippen LogP contribution in [-0.2, 0) is 6.54 Å². The number of methoxy groups -OCH3 is 1. The molecule has 1 saturated carbocycles. The molecule has 0 aromatic heterocycles. The van der Waals surface area contributed by atoms with Gasteiger partial charge in [-0.3, -0.25) is 4.90 Å². The molecule has 1 saturated heterocycles. The van der Waals surface area contributed by atoms with Gasteiger partial charge in [-0.15, -0.1) is 0 Å². The highest BCUT2D eigenvalue weighted by Crippen LogP contribution is 2.32. The molecule has 1 spiro atoms. The average molecular weight is 278 g/mol. The van der Waals surface area contributed by atoms with Crippen LogP contribution in [0.25, 0.3) is 0 Å². The van der Waals surface area contributed by atoms with E-state index in [2.05, 4.69) is 10.2 Å². The number of hydrogen-bond acceptors (Lipinski definition) is 3. The Bertz CT molecular complexity index is 472. The van der Waals surface area contributed by atoms with Gasteiger partial charge in [0.1, 0.15) is 11.6 Å². The van der Waals surface area contributed by atoms with Crippen LogP contribution in [0, 0.1) is 5.82 Å². The fourth-order valence-electron chi connectivity index (χ4n) is 3.59. The van der Waals surface area contributed by atoms with Crippen molar-refractivity contribution in [3.8, 4) is 5.75 Å². The number of halogens is 1. The second kappa shape index (κ2) is 5.70. The van der Waals surface area contributed by atoms with Crippen LogP contribution in [0.1, 0.15) is 31.2 Å². The highest BCUT2D eigenvalue weighted by Gasteiger charge is 2.37. The third-order valence-electron chi connectivity index (χ3n) is 4.67. The smallest absolute Gasteiger partial charge is 0.131 e. The van der Waals surface area contributed by atoms with E-state index in [1.54, 1.807) is 7.11 Å². The Labute approximate surface area is 120 Å². The molecule has 3 rings (SSSR count). The fraction of sp³-hybridized carbons (Fsp3) is 0.625. The molecule has 4 heteroatoms. The van der Waals surface area contributed by atoms with Crippen LogP contribution in [0.2, 0.25) is 0 Å². The third-order valence-corrected chi connectivity index (χ3v) is 4.67. The molecule has 1 aliphatic carbocycles. The van der Waals surface area contributed by atoms with Gasteiger partial charge in [0.15, 0.2) is 0 Å². The van der Waals surface area contributed by atoms with E-state index in [4.69, 9.17) is 4.74 Å². The van der Waals surface area contributed by atoms with Crippen LogP contribution in [0.15, 0.2) is 18.2 Å². The fourth-order valence-corrected chi connectivity index (χ4v) is 3.59. The van der Waals surface area contributed by atoms with Crippen LogP contribution in [0.5, 0.6) is 5.75 Å². The summed E-state index contributed by atoms with van der Waals surface area (Å²) < 4.78 is 19.1. The van der Waals surface area contributed by atoms with Crippen LogP contribution in [0.3, 0.4) is 0 Å². The number of hydrogen-bond donors (Lipinski definition) is 1. The van der Waals surface area contributed by atoms with Crippen molar-refractivity contribution < 1.29 is 9.13 Å². The van der Waals surface area contributed by atoms with Crippen molar-refractivity contribution in [3.05, 3.63) is 29.6 Å². The lowest BCUT2D eigenvalue weighted by atomic mass is 9.94. The van der Waals surface area contributed by atoms with E-state index in [-0.39, 0.29) is 5.82 Å². The summed E-state index contributed by atoms with van der Waals surface area (Å²) in [7, 11) is 1.56. The molecule has 1 N–H and O–H groups in total. The SMILES string of the molecule is COc1ccc(CN2CCNC3(CCCC3)C2)c(F)c1. The van der Waals surface area contributed by atoms with Gasteiger partial charge in [0, 0.05) is 43.3 Å². The molecule has 0 unspecified atom stereocenters. The Morgan fingerprint density at radius 1 is 1.35 bits per heavy atom. The van der Waals surface area contributed by atoms with E-state index in [1.807, 2.05) is 12.1 Å². The molecule has 0 amide bonds. The third kappa shape index (κ3) is 2.81. The zero-order valence-corrected chi connectivity index (χ0v) is 12.1. The molecule has 1 aliphatic heterocycles. The van der Waals surface area contributed by atoms with Crippen molar-refractivity contribution in [2.75, 3.05) is 26.7 Å². The first-order valence-electron chi connectivity index (χ1n) is 7.51. The van der Waals surface area contributed by atoms with Gasteiger partial charge < -0.3 is 10.1 Å². The Morgan fingerprint density at radius 3 is 2.85 bits per heavy atom. The van der Waals surface area contributed by atoms with E-state index in [9.17, 15) is 4.39 Å². The lowest BCUT2D eigenvalue weighted by Gasteiger charge is -2.41. The van der Waals surface area contributed by atoms with Gasteiger partial charge in [0.2, 0.25) is 0 Å². The van der Waals surface area contributed by atoms with Gasteiger partial charge >= 0.3 is 0 Å². The van der Waals surface area contributed by atoms with E-state index < -0.39 is 0 Å². The van der Waals surface area contributed by atoms with E-state index in [0.29, 0.717) is 17.8 Å². The molecule has 1 aromatic rings. The summed E-state index contributed by atoms with van der Waals surface area (Å²) in [6.45, 7) is 3.74. The molecule has 0 bridgehead atoms. The number of rotatable bonds is 3. The molecular weight excluding hydrogens is 255 g/mol. The maximum atomic E-state index is 14.0. The summed E-state index contributed by atoms with van der Waals surface area (Å²) in [4.78, 5) is 2.38.